The average Bonchev–Trinajstić information content (AvgIpc) is 2.58. The molecule has 21 heavy (non-hydrogen) atoms. The smallest absolute Gasteiger partial charge is 0.335 e. The molecule has 1 aliphatic heterocycles. The summed E-state index contributed by atoms with van der Waals surface area (Å²) in [4.78, 5) is 13.5. The Hall–Kier alpha value is -1.35. The van der Waals surface area contributed by atoms with E-state index in [9.17, 15) is 4.79 Å². The summed E-state index contributed by atoms with van der Waals surface area (Å²) < 4.78 is 0. The number of rotatable bonds is 3. The Balaban J connectivity index is 1.73. The third-order valence-corrected chi connectivity index (χ3v) is 5.11. The normalized spacial score (nSPS) is 31.3. The summed E-state index contributed by atoms with van der Waals surface area (Å²) in [6.45, 7) is 9.32. The van der Waals surface area contributed by atoms with Crippen LogP contribution in [0.1, 0.15) is 56.0 Å². The van der Waals surface area contributed by atoms with Gasteiger partial charge in [0.2, 0.25) is 0 Å². The van der Waals surface area contributed by atoms with Crippen molar-refractivity contribution < 1.29 is 9.90 Å². The van der Waals surface area contributed by atoms with Crippen LogP contribution in [0.3, 0.4) is 0 Å². The van der Waals surface area contributed by atoms with Crippen LogP contribution in [0.5, 0.6) is 0 Å². The molecule has 0 amide bonds. The summed E-state index contributed by atoms with van der Waals surface area (Å²) in [5.74, 6) is -0.854. The van der Waals surface area contributed by atoms with Gasteiger partial charge in [0.1, 0.15) is 0 Å². The van der Waals surface area contributed by atoms with Crippen molar-refractivity contribution in [2.75, 3.05) is 6.54 Å². The molecule has 2 bridgehead atoms. The summed E-state index contributed by atoms with van der Waals surface area (Å²) in [5.41, 5.74) is 2.48. The minimum atomic E-state index is -0.854. The van der Waals surface area contributed by atoms with Gasteiger partial charge in [0.15, 0.2) is 0 Å². The first-order valence-electron chi connectivity index (χ1n) is 7.83. The van der Waals surface area contributed by atoms with E-state index in [1.165, 1.54) is 31.4 Å². The van der Waals surface area contributed by atoms with Gasteiger partial charge in [-0.05, 0) is 47.8 Å². The van der Waals surface area contributed by atoms with Crippen molar-refractivity contribution in [2.24, 2.45) is 10.8 Å². The average molecular weight is 287 g/mol. The van der Waals surface area contributed by atoms with E-state index in [1.807, 2.05) is 12.1 Å². The minimum Gasteiger partial charge on any atom is -0.478 e. The fourth-order valence-corrected chi connectivity index (χ4v) is 4.75. The van der Waals surface area contributed by atoms with Crippen LogP contribution in [0.4, 0.5) is 0 Å². The van der Waals surface area contributed by atoms with Crippen molar-refractivity contribution in [2.45, 2.75) is 52.6 Å². The molecule has 1 aromatic carbocycles. The van der Waals surface area contributed by atoms with Crippen LogP contribution in [-0.2, 0) is 6.54 Å². The van der Waals surface area contributed by atoms with Gasteiger partial charge in [0.05, 0.1) is 5.56 Å². The second-order valence-electron chi connectivity index (χ2n) is 8.12. The highest BCUT2D eigenvalue weighted by Gasteiger charge is 2.49. The first-order chi connectivity index (χ1) is 9.76. The molecule has 0 spiro atoms. The summed E-state index contributed by atoms with van der Waals surface area (Å²) >= 11 is 0. The van der Waals surface area contributed by atoms with Gasteiger partial charge in [0.25, 0.3) is 0 Å². The number of aromatic carboxylic acids is 1. The second-order valence-corrected chi connectivity index (χ2v) is 8.12. The van der Waals surface area contributed by atoms with Crippen molar-refractivity contribution in [3.05, 3.63) is 35.4 Å². The van der Waals surface area contributed by atoms with Gasteiger partial charge in [-0.2, -0.15) is 0 Å². The highest BCUT2D eigenvalue weighted by atomic mass is 16.4. The van der Waals surface area contributed by atoms with Crippen LogP contribution in [-0.4, -0.2) is 28.6 Å². The van der Waals surface area contributed by atoms with Gasteiger partial charge in [0, 0.05) is 19.1 Å². The predicted octanol–water partition coefficient (Wildman–Crippen LogP) is 3.79. The number of likely N-dealkylation sites (tertiary alicyclic amines) is 1. The molecule has 0 aromatic heterocycles. The van der Waals surface area contributed by atoms with Crippen LogP contribution in [0.25, 0.3) is 0 Å². The van der Waals surface area contributed by atoms with E-state index in [-0.39, 0.29) is 0 Å². The molecule has 2 aliphatic rings. The second kappa shape index (κ2) is 4.84. The topological polar surface area (TPSA) is 40.5 Å². The SMILES string of the molecule is CC1(C)CC2CC(C)(CN2Cc2ccc(C(=O)O)cc2)C1. The molecule has 1 heterocycles. The van der Waals surface area contributed by atoms with Crippen LogP contribution in [0, 0.1) is 10.8 Å². The molecule has 114 valence electrons. The van der Waals surface area contributed by atoms with E-state index in [1.54, 1.807) is 12.1 Å². The number of carboxylic acid groups (broad SMARTS) is 1. The van der Waals surface area contributed by atoms with E-state index in [2.05, 4.69) is 25.7 Å². The maximum absolute atomic E-state index is 10.9. The number of hydrogen-bond acceptors (Lipinski definition) is 2. The van der Waals surface area contributed by atoms with Crippen molar-refractivity contribution in [3.63, 3.8) is 0 Å². The Labute approximate surface area is 127 Å². The molecule has 3 rings (SSSR count). The Morgan fingerprint density at radius 1 is 1.24 bits per heavy atom. The highest BCUT2D eigenvalue weighted by Crippen LogP contribution is 2.52. The first kappa shape index (κ1) is 14.6. The number of fused-ring (bicyclic) bond motifs is 2. The zero-order chi connectivity index (χ0) is 15.3. The Kier molecular flexibility index (Phi) is 3.36. The molecule has 1 aromatic rings. The van der Waals surface area contributed by atoms with Crippen LogP contribution in [0.2, 0.25) is 0 Å². The number of nitrogens with zero attached hydrogens (tertiary/aromatic N) is 1. The van der Waals surface area contributed by atoms with Crippen molar-refractivity contribution in [3.8, 4) is 0 Å². The van der Waals surface area contributed by atoms with E-state index in [0.717, 1.165) is 6.54 Å². The molecule has 3 heteroatoms. The fraction of sp³-hybridized carbons (Fsp3) is 0.611. The van der Waals surface area contributed by atoms with E-state index in [4.69, 9.17) is 5.11 Å². The molecule has 2 fully saturated rings. The predicted molar refractivity (Wildman–Crippen MR) is 83.3 cm³/mol. The summed E-state index contributed by atoms with van der Waals surface area (Å²) in [5, 5.41) is 8.96. The number of hydrogen-bond donors (Lipinski definition) is 1. The molecule has 0 radical (unpaired) electrons. The third-order valence-electron chi connectivity index (χ3n) is 5.11. The fourth-order valence-electron chi connectivity index (χ4n) is 4.75. The molecule has 1 aliphatic carbocycles. The molecule has 1 saturated heterocycles. The largest absolute Gasteiger partial charge is 0.478 e. The van der Waals surface area contributed by atoms with Crippen LogP contribution >= 0.6 is 0 Å². The lowest BCUT2D eigenvalue weighted by atomic mass is 9.65. The summed E-state index contributed by atoms with van der Waals surface area (Å²) in [6, 6.07) is 8.02. The maximum atomic E-state index is 10.9. The number of benzene rings is 1. The Morgan fingerprint density at radius 2 is 1.90 bits per heavy atom. The molecule has 2 unspecified atom stereocenters. The Bertz CT molecular complexity index is 549. The summed E-state index contributed by atoms with van der Waals surface area (Å²) in [6.07, 6.45) is 3.89. The van der Waals surface area contributed by atoms with Crippen molar-refractivity contribution in [1.29, 1.82) is 0 Å². The Morgan fingerprint density at radius 3 is 2.52 bits per heavy atom. The molecular weight excluding hydrogens is 262 g/mol. The van der Waals surface area contributed by atoms with Crippen LogP contribution < -0.4 is 0 Å². The molecule has 2 atom stereocenters. The number of carboxylic acids is 1. The van der Waals surface area contributed by atoms with Crippen molar-refractivity contribution in [1.82, 2.24) is 4.90 Å². The quantitative estimate of drug-likeness (QED) is 0.919. The van der Waals surface area contributed by atoms with Gasteiger partial charge >= 0.3 is 5.97 Å². The lowest BCUT2D eigenvalue weighted by Crippen LogP contribution is -2.34. The van der Waals surface area contributed by atoms with Gasteiger partial charge in [-0.3, -0.25) is 4.90 Å². The monoisotopic (exact) mass is 287 g/mol. The highest BCUT2D eigenvalue weighted by molar-refractivity contribution is 5.87. The van der Waals surface area contributed by atoms with Gasteiger partial charge in [-0.25, -0.2) is 4.79 Å². The maximum Gasteiger partial charge on any atom is 0.335 e. The van der Waals surface area contributed by atoms with Crippen molar-refractivity contribution >= 4 is 5.97 Å². The number of carbonyl (C=O) groups is 1. The first-order valence-corrected chi connectivity index (χ1v) is 7.83. The van der Waals surface area contributed by atoms with E-state index < -0.39 is 5.97 Å². The zero-order valence-corrected chi connectivity index (χ0v) is 13.2. The van der Waals surface area contributed by atoms with Gasteiger partial charge in [-0.1, -0.05) is 32.9 Å². The lowest BCUT2D eigenvalue weighted by Gasteiger charge is -2.40. The molecule has 1 N–H and O–H groups in total. The van der Waals surface area contributed by atoms with Gasteiger partial charge in [-0.15, -0.1) is 0 Å². The lowest BCUT2D eigenvalue weighted by molar-refractivity contribution is 0.0696. The molecule has 1 saturated carbocycles. The van der Waals surface area contributed by atoms with E-state index in [0.29, 0.717) is 22.4 Å². The van der Waals surface area contributed by atoms with E-state index >= 15 is 0 Å². The molecule has 3 nitrogen and oxygen atoms in total. The molecular formula is C18H25NO2. The van der Waals surface area contributed by atoms with Gasteiger partial charge < -0.3 is 5.11 Å². The zero-order valence-electron chi connectivity index (χ0n) is 13.2. The summed E-state index contributed by atoms with van der Waals surface area (Å²) in [7, 11) is 0. The third kappa shape index (κ3) is 2.98. The van der Waals surface area contributed by atoms with Crippen LogP contribution in [0.15, 0.2) is 24.3 Å². The standard InChI is InChI=1S/C18H25NO2/c1-17(2)8-15-9-18(3,11-17)12-19(15)10-13-4-6-14(7-5-13)16(20)21/h4-7,15H,8-12H2,1-3H3,(H,20,21). The minimum absolute atomic E-state index is 0.368.